The van der Waals surface area contributed by atoms with Crippen molar-refractivity contribution in [2.24, 2.45) is 5.73 Å². The molecule has 0 heterocycles. The van der Waals surface area contributed by atoms with Crippen LogP contribution in [0, 0.1) is 6.92 Å². The first-order valence-electron chi connectivity index (χ1n) is 9.16. The zero-order valence-corrected chi connectivity index (χ0v) is 16.1. The van der Waals surface area contributed by atoms with Crippen LogP contribution in [0.2, 0.25) is 5.02 Å². The summed E-state index contributed by atoms with van der Waals surface area (Å²) in [7, 11) is 0. The third kappa shape index (κ3) is 5.08. The Labute approximate surface area is 164 Å². The lowest BCUT2D eigenvalue weighted by Crippen LogP contribution is -2.40. The van der Waals surface area contributed by atoms with Gasteiger partial charge in [0.15, 0.2) is 0 Å². The summed E-state index contributed by atoms with van der Waals surface area (Å²) in [5.74, 6) is -0.331. The molecule has 1 saturated carbocycles. The predicted molar refractivity (Wildman–Crippen MR) is 108 cm³/mol. The molecule has 0 unspecified atom stereocenters. The largest absolute Gasteiger partial charge is 0.349 e. The van der Waals surface area contributed by atoms with Crippen molar-refractivity contribution >= 4 is 29.1 Å². The summed E-state index contributed by atoms with van der Waals surface area (Å²) in [5, 5.41) is 6.45. The zero-order valence-electron chi connectivity index (χ0n) is 15.3. The Morgan fingerprint density at radius 1 is 1.00 bits per heavy atom. The van der Waals surface area contributed by atoms with Crippen LogP contribution in [0.5, 0.6) is 0 Å². The fraction of sp³-hybridized carbons (Fsp3) is 0.333. The van der Waals surface area contributed by atoms with Crippen molar-refractivity contribution < 1.29 is 9.59 Å². The quantitative estimate of drug-likeness (QED) is 0.746. The molecule has 2 amide bonds. The summed E-state index contributed by atoms with van der Waals surface area (Å²) in [4.78, 5) is 24.9. The van der Waals surface area contributed by atoms with Crippen LogP contribution in [0.3, 0.4) is 0 Å². The number of anilines is 1. The predicted octanol–water partition coefficient (Wildman–Crippen LogP) is 3.90. The Morgan fingerprint density at radius 3 is 2.37 bits per heavy atom. The van der Waals surface area contributed by atoms with Crippen molar-refractivity contribution in [2.75, 3.05) is 5.32 Å². The highest BCUT2D eigenvalue weighted by atomic mass is 35.5. The second kappa shape index (κ2) is 8.55. The summed E-state index contributed by atoms with van der Waals surface area (Å²) in [6, 6.07) is 12.5. The number of carbonyl (C=O) groups excluding carboxylic acids is 2. The van der Waals surface area contributed by atoms with Gasteiger partial charge in [0.25, 0.3) is 11.8 Å². The standard InChI is InChI=1S/C21H24ClN3O2/c1-13-11-15(20(26)24-18-8-6-17(23)7-9-18)5-10-19(13)25-21(27)14-3-2-4-16(22)12-14/h2-5,10-12,17-18H,6-9,23H2,1H3,(H,24,26)(H,25,27). The number of benzene rings is 2. The Balaban J connectivity index is 1.64. The van der Waals surface area contributed by atoms with Crippen LogP contribution in [0.1, 0.15) is 52.0 Å². The Hall–Kier alpha value is -2.37. The molecule has 4 N–H and O–H groups in total. The van der Waals surface area contributed by atoms with Gasteiger partial charge < -0.3 is 16.4 Å². The molecule has 1 aliphatic carbocycles. The zero-order chi connectivity index (χ0) is 19.4. The molecule has 6 heteroatoms. The van der Waals surface area contributed by atoms with Crippen molar-refractivity contribution in [3.8, 4) is 0 Å². The highest BCUT2D eigenvalue weighted by molar-refractivity contribution is 6.31. The van der Waals surface area contributed by atoms with E-state index in [9.17, 15) is 9.59 Å². The molecule has 0 spiro atoms. The molecule has 0 bridgehead atoms. The van der Waals surface area contributed by atoms with Gasteiger partial charge in [-0.15, -0.1) is 0 Å². The molecule has 27 heavy (non-hydrogen) atoms. The third-order valence-electron chi connectivity index (χ3n) is 4.93. The molecule has 1 fully saturated rings. The van der Waals surface area contributed by atoms with Crippen LogP contribution in [-0.4, -0.2) is 23.9 Å². The van der Waals surface area contributed by atoms with E-state index < -0.39 is 0 Å². The van der Waals surface area contributed by atoms with E-state index in [-0.39, 0.29) is 23.9 Å². The molecule has 2 aromatic rings. The molecule has 0 atom stereocenters. The normalized spacial score (nSPS) is 19.4. The van der Waals surface area contributed by atoms with Gasteiger partial charge in [0.05, 0.1) is 0 Å². The van der Waals surface area contributed by atoms with E-state index in [1.54, 1.807) is 42.5 Å². The molecule has 0 aromatic heterocycles. The Morgan fingerprint density at radius 2 is 1.70 bits per heavy atom. The summed E-state index contributed by atoms with van der Waals surface area (Å²) in [6.07, 6.45) is 3.72. The van der Waals surface area contributed by atoms with Crippen LogP contribution in [0.15, 0.2) is 42.5 Å². The second-order valence-corrected chi connectivity index (χ2v) is 7.52. The molecule has 0 aliphatic heterocycles. The molecule has 142 valence electrons. The maximum Gasteiger partial charge on any atom is 0.255 e. The highest BCUT2D eigenvalue weighted by Gasteiger charge is 2.21. The second-order valence-electron chi connectivity index (χ2n) is 7.08. The molecule has 0 radical (unpaired) electrons. The first-order valence-corrected chi connectivity index (χ1v) is 9.54. The van der Waals surface area contributed by atoms with E-state index in [4.69, 9.17) is 17.3 Å². The van der Waals surface area contributed by atoms with Crippen molar-refractivity contribution in [3.05, 3.63) is 64.2 Å². The fourth-order valence-electron chi connectivity index (χ4n) is 3.30. The first kappa shape index (κ1) is 19.4. The average Bonchev–Trinajstić information content (AvgIpc) is 2.65. The van der Waals surface area contributed by atoms with E-state index in [2.05, 4.69) is 10.6 Å². The van der Waals surface area contributed by atoms with Gasteiger partial charge in [0, 0.05) is 33.9 Å². The number of hydrogen-bond acceptors (Lipinski definition) is 3. The van der Waals surface area contributed by atoms with Gasteiger partial charge in [0.1, 0.15) is 0 Å². The first-order chi connectivity index (χ1) is 12.9. The number of nitrogens with one attached hydrogen (secondary N) is 2. The molecule has 5 nitrogen and oxygen atoms in total. The van der Waals surface area contributed by atoms with Crippen molar-refractivity contribution in [3.63, 3.8) is 0 Å². The van der Waals surface area contributed by atoms with Crippen LogP contribution in [0.4, 0.5) is 5.69 Å². The number of halogens is 1. The lowest BCUT2D eigenvalue weighted by atomic mass is 9.91. The number of aryl methyl sites for hydroxylation is 1. The van der Waals surface area contributed by atoms with Crippen molar-refractivity contribution in [2.45, 2.75) is 44.7 Å². The molecule has 0 saturated heterocycles. The maximum absolute atomic E-state index is 12.5. The summed E-state index contributed by atoms with van der Waals surface area (Å²) in [6.45, 7) is 1.87. The van der Waals surface area contributed by atoms with Crippen LogP contribution in [-0.2, 0) is 0 Å². The number of nitrogens with two attached hydrogens (primary N) is 1. The van der Waals surface area contributed by atoms with E-state index in [1.165, 1.54) is 0 Å². The van der Waals surface area contributed by atoms with Crippen LogP contribution < -0.4 is 16.4 Å². The highest BCUT2D eigenvalue weighted by Crippen LogP contribution is 2.20. The summed E-state index contributed by atoms with van der Waals surface area (Å²) in [5.41, 5.74) is 8.47. The third-order valence-corrected chi connectivity index (χ3v) is 5.17. The van der Waals surface area contributed by atoms with Gasteiger partial charge >= 0.3 is 0 Å². The maximum atomic E-state index is 12.5. The monoisotopic (exact) mass is 385 g/mol. The van der Waals surface area contributed by atoms with E-state index in [1.807, 2.05) is 6.92 Å². The Kier molecular flexibility index (Phi) is 6.14. The molecular weight excluding hydrogens is 362 g/mol. The van der Waals surface area contributed by atoms with Gasteiger partial charge in [-0.25, -0.2) is 0 Å². The van der Waals surface area contributed by atoms with E-state index >= 15 is 0 Å². The van der Waals surface area contributed by atoms with Gasteiger partial charge in [-0.3, -0.25) is 9.59 Å². The van der Waals surface area contributed by atoms with Gasteiger partial charge in [-0.05, 0) is 74.6 Å². The lowest BCUT2D eigenvalue weighted by molar-refractivity contribution is 0.0925. The number of carbonyl (C=O) groups is 2. The van der Waals surface area contributed by atoms with Crippen LogP contribution in [0.25, 0.3) is 0 Å². The SMILES string of the molecule is Cc1cc(C(=O)NC2CCC(N)CC2)ccc1NC(=O)c1cccc(Cl)c1. The van der Waals surface area contributed by atoms with E-state index in [0.29, 0.717) is 21.8 Å². The van der Waals surface area contributed by atoms with Crippen LogP contribution >= 0.6 is 11.6 Å². The van der Waals surface area contributed by atoms with Gasteiger partial charge in [-0.1, -0.05) is 17.7 Å². The lowest BCUT2D eigenvalue weighted by Gasteiger charge is -2.26. The van der Waals surface area contributed by atoms with Crippen molar-refractivity contribution in [1.29, 1.82) is 0 Å². The number of amides is 2. The molecule has 2 aromatic carbocycles. The smallest absolute Gasteiger partial charge is 0.255 e. The average molecular weight is 386 g/mol. The summed E-state index contributed by atoms with van der Waals surface area (Å²) < 4.78 is 0. The minimum Gasteiger partial charge on any atom is -0.349 e. The molecular formula is C21H24ClN3O2. The summed E-state index contributed by atoms with van der Waals surface area (Å²) >= 11 is 5.94. The minimum atomic E-state index is -0.239. The number of rotatable bonds is 4. The fourth-order valence-corrected chi connectivity index (χ4v) is 3.49. The van der Waals surface area contributed by atoms with E-state index in [0.717, 1.165) is 31.2 Å². The van der Waals surface area contributed by atoms with Crippen molar-refractivity contribution in [1.82, 2.24) is 5.32 Å². The number of hydrogen-bond donors (Lipinski definition) is 3. The molecule has 1 aliphatic rings. The van der Waals surface area contributed by atoms with Gasteiger partial charge in [-0.2, -0.15) is 0 Å². The minimum absolute atomic E-state index is 0.0914. The molecule has 3 rings (SSSR count). The topological polar surface area (TPSA) is 84.2 Å². The Bertz CT molecular complexity index is 845. The van der Waals surface area contributed by atoms with Gasteiger partial charge in [0.2, 0.25) is 0 Å².